The minimum absolute atomic E-state index is 0.835. The van der Waals surface area contributed by atoms with Gasteiger partial charge in [0.05, 0.1) is 6.54 Å². The van der Waals surface area contributed by atoms with Gasteiger partial charge in [-0.15, -0.1) is 11.3 Å². The zero-order valence-corrected chi connectivity index (χ0v) is 13.5. The second-order valence-corrected chi connectivity index (χ2v) is 5.97. The Kier molecular flexibility index (Phi) is 6.28. The maximum absolute atomic E-state index is 4.26. The van der Waals surface area contributed by atoms with Crippen molar-refractivity contribution in [3.05, 3.63) is 57.8 Å². The molecular formula is C17H23N3S. The van der Waals surface area contributed by atoms with Crippen LogP contribution >= 0.6 is 11.3 Å². The van der Waals surface area contributed by atoms with Crippen molar-refractivity contribution in [3.8, 4) is 0 Å². The van der Waals surface area contributed by atoms with Crippen LogP contribution in [-0.4, -0.2) is 19.6 Å². The molecule has 0 bridgehead atoms. The summed E-state index contributed by atoms with van der Waals surface area (Å²) < 4.78 is 0. The van der Waals surface area contributed by atoms with Crippen LogP contribution in [0.1, 0.15) is 22.4 Å². The molecular weight excluding hydrogens is 278 g/mol. The molecule has 0 atom stereocenters. The fourth-order valence-electron chi connectivity index (χ4n) is 2.11. The Morgan fingerprint density at radius 1 is 1.14 bits per heavy atom. The summed E-state index contributed by atoms with van der Waals surface area (Å²) in [6, 6.07) is 12.7. The van der Waals surface area contributed by atoms with Gasteiger partial charge in [-0.3, -0.25) is 4.99 Å². The molecule has 1 aromatic heterocycles. The Morgan fingerprint density at radius 3 is 2.62 bits per heavy atom. The molecule has 0 fully saturated rings. The molecule has 2 rings (SSSR count). The lowest BCUT2D eigenvalue weighted by molar-refractivity contribution is 0.743. The first-order valence-electron chi connectivity index (χ1n) is 7.31. The predicted octanol–water partition coefficient (Wildman–Crippen LogP) is 3.35. The summed E-state index contributed by atoms with van der Waals surface area (Å²) in [5.74, 6) is 0.871. The highest BCUT2D eigenvalue weighted by atomic mass is 32.1. The van der Waals surface area contributed by atoms with Gasteiger partial charge < -0.3 is 10.6 Å². The highest BCUT2D eigenvalue weighted by Gasteiger charge is 2.01. The van der Waals surface area contributed by atoms with E-state index in [-0.39, 0.29) is 0 Å². The predicted molar refractivity (Wildman–Crippen MR) is 92.0 cm³/mol. The molecule has 1 heterocycles. The van der Waals surface area contributed by atoms with Crippen molar-refractivity contribution in [2.45, 2.75) is 26.3 Å². The van der Waals surface area contributed by atoms with Crippen molar-refractivity contribution in [1.29, 1.82) is 0 Å². The van der Waals surface area contributed by atoms with Gasteiger partial charge in [0.1, 0.15) is 0 Å². The largest absolute Gasteiger partial charge is 0.356 e. The first kappa shape index (κ1) is 15.6. The van der Waals surface area contributed by atoms with E-state index in [0.717, 1.165) is 31.9 Å². The number of hydrogen-bond donors (Lipinski definition) is 2. The third-order valence-corrected chi connectivity index (χ3v) is 4.41. The molecule has 2 N–H and O–H groups in total. The van der Waals surface area contributed by atoms with Crippen LogP contribution in [0.2, 0.25) is 0 Å². The van der Waals surface area contributed by atoms with Crippen LogP contribution in [0.4, 0.5) is 0 Å². The number of benzene rings is 1. The average molecular weight is 301 g/mol. The minimum Gasteiger partial charge on any atom is -0.356 e. The standard InChI is InChI=1S/C17H23N3S/c1-14-10-12-21-16(14)13-20-17(18-2)19-11-6-9-15-7-4-3-5-8-15/h3-5,7-8,10,12H,6,9,11,13H2,1-2H3,(H2,18,19,20). The summed E-state index contributed by atoms with van der Waals surface area (Å²) >= 11 is 1.78. The number of nitrogens with zero attached hydrogens (tertiary/aromatic N) is 1. The Bertz CT molecular complexity index is 560. The topological polar surface area (TPSA) is 36.4 Å². The van der Waals surface area contributed by atoms with Crippen LogP contribution in [-0.2, 0) is 13.0 Å². The molecule has 0 radical (unpaired) electrons. The molecule has 0 saturated heterocycles. The molecule has 2 aromatic rings. The zero-order chi connectivity index (χ0) is 14.9. The number of thiophene rings is 1. The maximum atomic E-state index is 4.26. The van der Waals surface area contributed by atoms with Crippen LogP contribution in [0.3, 0.4) is 0 Å². The van der Waals surface area contributed by atoms with E-state index >= 15 is 0 Å². The Labute approximate surface area is 131 Å². The van der Waals surface area contributed by atoms with E-state index in [0.29, 0.717) is 0 Å². The third-order valence-electron chi connectivity index (χ3n) is 3.39. The molecule has 21 heavy (non-hydrogen) atoms. The van der Waals surface area contributed by atoms with E-state index in [4.69, 9.17) is 0 Å². The van der Waals surface area contributed by atoms with E-state index in [1.807, 2.05) is 7.05 Å². The van der Waals surface area contributed by atoms with Gasteiger partial charge in [-0.2, -0.15) is 0 Å². The summed E-state index contributed by atoms with van der Waals surface area (Å²) in [4.78, 5) is 5.62. The van der Waals surface area contributed by atoms with Gasteiger partial charge in [-0.1, -0.05) is 30.3 Å². The quantitative estimate of drug-likeness (QED) is 0.488. The van der Waals surface area contributed by atoms with Gasteiger partial charge in [0.15, 0.2) is 5.96 Å². The lowest BCUT2D eigenvalue weighted by atomic mass is 10.1. The summed E-state index contributed by atoms with van der Waals surface area (Å²) in [6.07, 6.45) is 2.19. The molecule has 0 unspecified atom stereocenters. The Morgan fingerprint density at radius 2 is 1.95 bits per heavy atom. The summed E-state index contributed by atoms with van der Waals surface area (Å²) in [6.45, 7) is 3.91. The van der Waals surface area contributed by atoms with E-state index in [9.17, 15) is 0 Å². The monoisotopic (exact) mass is 301 g/mol. The molecule has 0 aliphatic heterocycles. The first-order chi connectivity index (χ1) is 10.3. The molecule has 3 nitrogen and oxygen atoms in total. The van der Waals surface area contributed by atoms with Gasteiger partial charge in [0.2, 0.25) is 0 Å². The molecule has 0 spiro atoms. The van der Waals surface area contributed by atoms with Crippen LogP contribution in [0, 0.1) is 6.92 Å². The van der Waals surface area contributed by atoms with E-state index in [1.54, 1.807) is 11.3 Å². The second kappa shape index (κ2) is 8.47. The highest BCUT2D eigenvalue weighted by Crippen LogP contribution is 2.14. The molecule has 1 aromatic carbocycles. The van der Waals surface area contributed by atoms with Crippen LogP contribution in [0.15, 0.2) is 46.8 Å². The smallest absolute Gasteiger partial charge is 0.191 e. The van der Waals surface area contributed by atoms with Crippen molar-refractivity contribution in [3.63, 3.8) is 0 Å². The summed E-state index contributed by atoms with van der Waals surface area (Å²) in [5, 5.41) is 8.85. The molecule has 0 aliphatic carbocycles. The van der Waals surface area contributed by atoms with E-state index < -0.39 is 0 Å². The van der Waals surface area contributed by atoms with Crippen LogP contribution in [0.25, 0.3) is 0 Å². The van der Waals surface area contributed by atoms with Crippen molar-refractivity contribution in [2.75, 3.05) is 13.6 Å². The van der Waals surface area contributed by atoms with Gasteiger partial charge in [-0.05, 0) is 42.3 Å². The maximum Gasteiger partial charge on any atom is 0.191 e. The minimum atomic E-state index is 0.835. The Hall–Kier alpha value is -1.81. The lowest BCUT2D eigenvalue weighted by Crippen LogP contribution is -2.37. The average Bonchev–Trinajstić information content (AvgIpc) is 2.93. The van der Waals surface area contributed by atoms with Crippen molar-refractivity contribution >= 4 is 17.3 Å². The molecule has 0 aliphatic rings. The normalized spacial score (nSPS) is 11.4. The van der Waals surface area contributed by atoms with Crippen LogP contribution in [0.5, 0.6) is 0 Å². The fraction of sp³-hybridized carbons (Fsp3) is 0.353. The molecule has 0 saturated carbocycles. The van der Waals surface area contributed by atoms with Gasteiger partial charge >= 0.3 is 0 Å². The van der Waals surface area contributed by atoms with Gasteiger partial charge in [0, 0.05) is 18.5 Å². The number of guanidine groups is 1. The zero-order valence-electron chi connectivity index (χ0n) is 12.7. The number of hydrogen-bond acceptors (Lipinski definition) is 2. The highest BCUT2D eigenvalue weighted by molar-refractivity contribution is 7.10. The fourth-order valence-corrected chi connectivity index (χ4v) is 2.96. The number of aryl methyl sites for hydroxylation is 2. The summed E-state index contributed by atoms with van der Waals surface area (Å²) in [5.41, 5.74) is 2.73. The first-order valence-corrected chi connectivity index (χ1v) is 8.19. The van der Waals surface area contributed by atoms with E-state index in [1.165, 1.54) is 16.0 Å². The number of nitrogens with one attached hydrogen (secondary N) is 2. The van der Waals surface area contributed by atoms with Crippen LogP contribution < -0.4 is 10.6 Å². The Balaban J connectivity index is 1.67. The third kappa shape index (κ3) is 5.23. The number of aliphatic imine (C=N–C) groups is 1. The summed E-state index contributed by atoms with van der Waals surface area (Å²) in [7, 11) is 1.81. The number of rotatable bonds is 6. The lowest BCUT2D eigenvalue weighted by Gasteiger charge is -2.11. The van der Waals surface area contributed by atoms with Gasteiger partial charge in [0.25, 0.3) is 0 Å². The van der Waals surface area contributed by atoms with Crippen molar-refractivity contribution in [2.24, 2.45) is 4.99 Å². The molecule has 4 heteroatoms. The van der Waals surface area contributed by atoms with E-state index in [2.05, 4.69) is 64.3 Å². The second-order valence-electron chi connectivity index (χ2n) is 4.97. The van der Waals surface area contributed by atoms with Crippen molar-refractivity contribution < 1.29 is 0 Å². The molecule has 112 valence electrons. The SMILES string of the molecule is CN=C(NCCCc1ccccc1)NCc1sccc1C. The van der Waals surface area contributed by atoms with Gasteiger partial charge in [-0.25, -0.2) is 0 Å². The molecule has 0 amide bonds. The van der Waals surface area contributed by atoms with Crippen molar-refractivity contribution in [1.82, 2.24) is 10.6 Å².